The maximum Gasteiger partial charge on any atom is 0.323 e. The summed E-state index contributed by atoms with van der Waals surface area (Å²) in [6.07, 6.45) is 0. The molecule has 0 spiro atoms. The number of ether oxygens (including phenoxy) is 4. The van der Waals surface area contributed by atoms with E-state index in [4.69, 9.17) is 18.9 Å². The van der Waals surface area contributed by atoms with Crippen LogP contribution in [0.25, 0.3) is 0 Å². The lowest BCUT2D eigenvalue weighted by atomic mass is 9.87. The van der Waals surface area contributed by atoms with Crippen molar-refractivity contribution in [3.63, 3.8) is 0 Å². The molecule has 6 aromatic rings. The molecular formula is C64H76N8O8. The monoisotopic (exact) mass is 1080 g/mol. The average molecular weight is 1090 g/mol. The van der Waals surface area contributed by atoms with Crippen LogP contribution in [0.4, 0.5) is 64.7 Å². The van der Waals surface area contributed by atoms with E-state index in [0.29, 0.717) is 79.6 Å². The molecule has 4 aliphatic heterocycles. The molecule has 0 saturated carbocycles. The quantitative estimate of drug-likeness (QED) is 0.0687. The maximum atomic E-state index is 13.6. The molecule has 6 aromatic carbocycles. The lowest BCUT2D eigenvalue weighted by Crippen LogP contribution is -2.22. The van der Waals surface area contributed by atoms with E-state index in [1.165, 1.54) is 0 Å². The van der Waals surface area contributed by atoms with Crippen molar-refractivity contribution >= 4 is 69.6 Å². The van der Waals surface area contributed by atoms with Gasteiger partial charge in [0, 0.05) is 22.7 Å². The first-order valence-corrected chi connectivity index (χ1v) is 26.5. The van der Waals surface area contributed by atoms with Crippen LogP contribution in [-0.4, -0.2) is 50.6 Å². The molecule has 0 aromatic heterocycles. The highest BCUT2D eigenvalue weighted by Gasteiger charge is 2.23. The minimum Gasteiger partial charge on any atom is -0.487 e. The van der Waals surface area contributed by atoms with Gasteiger partial charge in [0.2, 0.25) is 0 Å². The molecule has 0 saturated heterocycles. The van der Waals surface area contributed by atoms with E-state index in [-0.39, 0.29) is 48.1 Å². The Balaban J connectivity index is 1.15. The summed E-state index contributed by atoms with van der Waals surface area (Å²) >= 11 is 0. The normalized spacial score (nSPS) is 14.9. The van der Waals surface area contributed by atoms with Gasteiger partial charge in [-0.2, -0.15) is 0 Å². The zero-order valence-corrected chi connectivity index (χ0v) is 48.1. The summed E-state index contributed by atoms with van der Waals surface area (Å²) in [7, 11) is 0. The van der Waals surface area contributed by atoms with Crippen LogP contribution in [-0.2, 0) is 21.7 Å². The predicted molar refractivity (Wildman–Crippen MR) is 324 cm³/mol. The second-order valence-electron chi connectivity index (χ2n) is 24.0. The molecule has 0 fully saturated rings. The summed E-state index contributed by atoms with van der Waals surface area (Å²) in [5.41, 5.74) is 7.74. The third kappa shape index (κ3) is 16.6. The van der Waals surface area contributed by atoms with Gasteiger partial charge in [0.05, 0.1) is 22.7 Å². The second kappa shape index (κ2) is 24.4. The Morgan fingerprint density at radius 2 is 0.487 bits per heavy atom. The Morgan fingerprint density at radius 1 is 0.300 bits per heavy atom. The molecular weight excluding hydrogens is 1010 g/mol. The maximum absolute atomic E-state index is 13.6. The predicted octanol–water partition coefficient (Wildman–Crippen LogP) is 15.8. The van der Waals surface area contributed by atoms with Crippen molar-refractivity contribution in [3.05, 3.63) is 168 Å². The fourth-order valence-corrected chi connectivity index (χ4v) is 8.10. The van der Waals surface area contributed by atoms with Gasteiger partial charge in [-0.3, -0.25) is 0 Å². The van der Waals surface area contributed by atoms with Crippen molar-refractivity contribution in [2.24, 2.45) is 0 Å². The number of carbonyl (C=O) groups excluding carboxylic acids is 4. The molecule has 4 heterocycles. The van der Waals surface area contributed by atoms with Crippen LogP contribution >= 0.6 is 0 Å². The van der Waals surface area contributed by atoms with Gasteiger partial charge in [0.15, 0.2) is 0 Å². The van der Waals surface area contributed by atoms with Gasteiger partial charge >= 0.3 is 24.1 Å². The molecule has 8 N–H and O–H groups in total. The molecule has 0 aliphatic carbocycles. The minimum atomic E-state index is -0.513. The SMILES string of the molecule is C=C1COc2ccc(C(C)(C)C)cc2NC(=O)Nc2ccc(cc2)NC(=O)Nc2cc(C(C)(C)C)ccc2OCC(=C)COc2ccc(C(C)(C)C)cc2NC(=O)Nc2ccc(cc2)NC(=O)Nc2cc(C(C)(C)C)ccc2OC1. The van der Waals surface area contributed by atoms with Gasteiger partial charge in [0.1, 0.15) is 49.4 Å². The molecule has 0 atom stereocenters. The molecule has 0 radical (unpaired) electrons. The fraction of sp³-hybridized carbons (Fsp3) is 0.312. The minimum absolute atomic E-state index is 0.0506. The number of hydrogen-bond donors (Lipinski definition) is 8. The van der Waals surface area contributed by atoms with Gasteiger partial charge < -0.3 is 61.5 Å². The van der Waals surface area contributed by atoms with E-state index in [0.717, 1.165) is 22.3 Å². The van der Waals surface area contributed by atoms with Crippen LogP contribution < -0.4 is 61.5 Å². The number of hydrogen-bond acceptors (Lipinski definition) is 8. The van der Waals surface area contributed by atoms with Gasteiger partial charge in [-0.1, -0.05) is 121 Å². The molecule has 4 bridgehead atoms. The lowest BCUT2D eigenvalue weighted by Gasteiger charge is -2.23. The highest BCUT2D eigenvalue weighted by Crippen LogP contribution is 2.37. The lowest BCUT2D eigenvalue weighted by molar-refractivity contribution is 0.261. The average Bonchev–Trinajstić information content (AvgIpc) is 3.36. The number of urea groups is 4. The smallest absolute Gasteiger partial charge is 0.323 e. The third-order valence-electron chi connectivity index (χ3n) is 12.9. The van der Waals surface area contributed by atoms with Crippen LogP contribution in [0.2, 0.25) is 0 Å². The van der Waals surface area contributed by atoms with Crippen LogP contribution in [0.15, 0.2) is 146 Å². The summed E-state index contributed by atoms with van der Waals surface area (Å²) in [5.74, 6) is 1.65. The molecule has 420 valence electrons. The van der Waals surface area contributed by atoms with E-state index in [1.54, 1.807) is 48.5 Å². The number of nitrogens with one attached hydrogen (secondary N) is 8. The van der Waals surface area contributed by atoms with Crippen molar-refractivity contribution in [1.82, 2.24) is 0 Å². The number of amides is 8. The third-order valence-corrected chi connectivity index (χ3v) is 12.9. The largest absolute Gasteiger partial charge is 0.487 e. The van der Waals surface area contributed by atoms with Crippen molar-refractivity contribution in [3.8, 4) is 23.0 Å². The van der Waals surface area contributed by atoms with E-state index < -0.39 is 24.1 Å². The summed E-state index contributed by atoms with van der Waals surface area (Å²) in [4.78, 5) is 54.4. The van der Waals surface area contributed by atoms with Gasteiger partial charge in [-0.25, -0.2) is 19.2 Å². The Kier molecular flexibility index (Phi) is 17.9. The standard InChI is InChI=1S/C64H76N8O8/c1-39-35-77-53-27-15-41(61(3,4)5)31-49(53)69-57(73)65-45-19-23-47(24-20-45)67-59(75)71-51-33-43(63(9,10)11)17-29-55(51)79-37-40(2)38-80-56-30-18-44(64(12,13)14)34-52(56)72-60(76)68-48-25-21-46(22-26-48)66-58(74)70-50-32-42(62(6,7)8)16-28-54(50)78-36-39/h15-34H,1-2,35-38H2,3-14H3,(H2,65,69,73)(H2,66,70,74)(H2,67,71,75)(H2,68,72,76). The van der Waals surface area contributed by atoms with E-state index in [1.807, 2.05) is 72.8 Å². The summed E-state index contributed by atoms with van der Waals surface area (Å²) < 4.78 is 25.1. The van der Waals surface area contributed by atoms with Crippen molar-refractivity contribution in [1.29, 1.82) is 0 Å². The number of anilines is 8. The van der Waals surface area contributed by atoms with Gasteiger partial charge in [-0.05, 0) is 152 Å². The molecule has 0 unspecified atom stereocenters. The highest BCUT2D eigenvalue weighted by atomic mass is 16.5. The van der Waals surface area contributed by atoms with E-state index in [2.05, 4.69) is 139 Å². The number of benzene rings is 6. The van der Waals surface area contributed by atoms with Crippen molar-refractivity contribution in [2.75, 3.05) is 69.0 Å². The summed E-state index contributed by atoms with van der Waals surface area (Å²) in [5, 5.41) is 23.3. The molecule has 4 aliphatic rings. The van der Waals surface area contributed by atoms with Crippen LogP contribution in [0.1, 0.15) is 105 Å². The van der Waals surface area contributed by atoms with Crippen molar-refractivity contribution in [2.45, 2.75) is 105 Å². The zero-order valence-electron chi connectivity index (χ0n) is 48.1. The number of carbonyl (C=O) groups is 4. The Bertz CT molecular complexity index is 2840. The topological polar surface area (TPSA) is 201 Å². The van der Waals surface area contributed by atoms with Crippen LogP contribution in [0, 0.1) is 0 Å². The first-order chi connectivity index (χ1) is 37.5. The number of rotatable bonds is 0. The van der Waals surface area contributed by atoms with Gasteiger partial charge in [-0.15, -0.1) is 0 Å². The molecule has 16 nitrogen and oxygen atoms in total. The second-order valence-corrected chi connectivity index (χ2v) is 24.0. The molecule has 8 amide bonds. The first-order valence-electron chi connectivity index (χ1n) is 26.5. The zero-order chi connectivity index (χ0) is 58.2. The Labute approximate surface area is 470 Å². The summed E-state index contributed by atoms with van der Waals surface area (Å²) in [6.45, 7) is 33.5. The van der Waals surface area contributed by atoms with Crippen LogP contribution in [0.5, 0.6) is 23.0 Å². The molecule has 16 heteroatoms. The molecule has 80 heavy (non-hydrogen) atoms. The van der Waals surface area contributed by atoms with E-state index >= 15 is 0 Å². The van der Waals surface area contributed by atoms with Gasteiger partial charge in [0.25, 0.3) is 0 Å². The Hall–Kier alpha value is -8.92. The summed E-state index contributed by atoms with van der Waals surface area (Å²) in [6, 6.07) is 33.9. The fourth-order valence-electron chi connectivity index (χ4n) is 8.10. The van der Waals surface area contributed by atoms with E-state index in [9.17, 15) is 19.2 Å². The van der Waals surface area contributed by atoms with Crippen molar-refractivity contribution < 1.29 is 38.1 Å². The van der Waals surface area contributed by atoms with Crippen LogP contribution in [0.3, 0.4) is 0 Å². The highest BCUT2D eigenvalue weighted by molar-refractivity contribution is 6.04. The first kappa shape index (κ1) is 58.8. The Morgan fingerprint density at radius 3 is 0.662 bits per heavy atom. The molecule has 10 rings (SSSR count).